The molecule has 0 spiro atoms. The Kier molecular flexibility index (Phi) is 8.58. The van der Waals surface area contributed by atoms with Crippen LogP contribution in [0.5, 0.6) is 0 Å². The number of hydrogen-bond donors (Lipinski definition) is 1. The molecule has 0 saturated carbocycles. The summed E-state index contributed by atoms with van der Waals surface area (Å²) in [5.74, 6) is -1.04. The second-order valence-electron chi connectivity index (χ2n) is 8.64. The van der Waals surface area contributed by atoms with Crippen LogP contribution in [-0.4, -0.2) is 47.2 Å². The number of benzene rings is 2. The van der Waals surface area contributed by atoms with E-state index in [0.29, 0.717) is 29.2 Å². The third-order valence-corrected chi connectivity index (χ3v) is 9.35. The van der Waals surface area contributed by atoms with Crippen molar-refractivity contribution >= 4 is 49.1 Å². The average Bonchev–Trinajstić information content (AvgIpc) is 3.27. The molecule has 0 unspecified atom stereocenters. The number of anilines is 1. The minimum absolute atomic E-state index is 0.105. The highest BCUT2D eigenvalue weighted by Gasteiger charge is 2.22. The van der Waals surface area contributed by atoms with E-state index in [9.17, 15) is 22.8 Å². The number of ether oxygens (including phenoxy) is 1. The lowest BCUT2D eigenvalue weighted by Gasteiger charge is -2.18. The molecule has 4 rings (SSSR count). The Morgan fingerprint density at radius 1 is 1.05 bits per heavy atom. The SMILES string of the molecule is CCN(CC)S(=O)(=O)c1ccc(NC(=O)Cn2cnc3sc(C(=O)OCc4ccccc4)c(C)c3c2=O)cc1. The van der Waals surface area contributed by atoms with E-state index in [2.05, 4.69) is 10.3 Å². The minimum Gasteiger partial charge on any atom is -0.457 e. The molecule has 204 valence electrons. The van der Waals surface area contributed by atoms with Gasteiger partial charge in [0.25, 0.3) is 5.56 Å². The van der Waals surface area contributed by atoms with Gasteiger partial charge >= 0.3 is 5.97 Å². The standard InChI is InChI=1S/C27H28N4O6S2/c1-4-31(5-2)39(35,36)21-13-11-20(12-14-21)29-22(32)15-30-17-28-25-23(26(30)33)18(3)24(38-25)27(34)37-16-19-9-7-6-8-10-19/h6-14,17H,4-5,15-16H2,1-3H3,(H,29,32). The molecule has 1 N–H and O–H groups in total. The van der Waals surface area contributed by atoms with Crippen molar-refractivity contribution in [2.45, 2.75) is 38.8 Å². The molecular formula is C27H28N4O6S2. The summed E-state index contributed by atoms with van der Waals surface area (Å²) in [7, 11) is -3.61. The first-order valence-electron chi connectivity index (χ1n) is 12.2. The average molecular weight is 569 g/mol. The number of rotatable bonds is 10. The van der Waals surface area contributed by atoms with E-state index >= 15 is 0 Å². The first-order chi connectivity index (χ1) is 18.6. The Balaban J connectivity index is 1.47. The second kappa shape index (κ2) is 11.9. The Morgan fingerprint density at radius 3 is 2.36 bits per heavy atom. The number of amides is 1. The van der Waals surface area contributed by atoms with Gasteiger partial charge in [-0.25, -0.2) is 18.2 Å². The molecule has 0 radical (unpaired) electrons. The first kappa shape index (κ1) is 28.1. The number of nitrogens with zero attached hydrogens (tertiary/aromatic N) is 3. The van der Waals surface area contributed by atoms with Gasteiger partial charge in [-0.2, -0.15) is 4.31 Å². The number of nitrogens with one attached hydrogen (secondary N) is 1. The maximum absolute atomic E-state index is 13.2. The van der Waals surface area contributed by atoms with E-state index in [-0.39, 0.29) is 28.3 Å². The summed E-state index contributed by atoms with van der Waals surface area (Å²) in [6.45, 7) is 5.67. The molecule has 12 heteroatoms. The second-order valence-corrected chi connectivity index (χ2v) is 11.6. The van der Waals surface area contributed by atoms with Crippen LogP contribution in [0, 0.1) is 6.92 Å². The van der Waals surface area contributed by atoms with Crippen LogP contribution in [0.1, 0.15) is 34.6 Å². The van der Waals surface area contributed by atoms with Gasteiger partial charge in [-0.3, -0.25) is 14.2 Å². The fourth-order valence-corrected chi connectivity index (χ4v) is 6.52. The van der Waals surface area contributed by atoms with Gasteiger partial charge in [0.1, 0.15) is 22.9 Å². The molecule has 1 amide bonds. The van der Waals surface area contributed by atoms with Gasteiger partial charge in [0, 0.05) is 18.8 Å². The van der Waals surface area contributed by atoms with Gasteiger partial charge in [0.05, 0.1) is 16.6 Å². The summed E-state index contributed by atoms with van der Waals surface area (Å²) >= 11 is 1.07. The molecule has 0 fully saturated rings. The maximum Gasteiger partial charge on any atom is 0.349 e. The molecule has 2 heterocycles. The lowest BCUT2D eigenvalue weighted by atomic mass is 10.2. The number of aromatic nitrogens is 2. The number of aryl methyl sites for hydroxylation is 1. The highest BCUT2D eigenvalue weighted by Crippen LogP contribution is 2.28. The number of esters is 1. The molecule has 0 atom stereocenters. The molecule has 4 aromatic rings. The number of hydrogen-bond acceptors (Lipinski definition) is 8. The lowest BCUT2D eigenvalue weighted by molar-refractivity contribution is -0.116. The minimum atomic E-state index is -3.61. The normalized spacial score (nSPS) is 11.6. The zero-order valence-corrected chi connectivity index (χ0v) is 23.3. The van der Waals surface area contributed by atoms with Crippen LogP contribution in [0.4, 0.5) is 5.69 Å². The highest BCUT2D eigenvalue weighted by molar-refractivity contribution is 7.89. The molecule has 39 heavy (non-hydrogen) atoms. The van der Waals surface area contributed by atoms with Crippen molar-refractivity contribution in [3.63, 3.8) is 0 Å². The third kappa shape index (κ3) is 6.08. The van der Waals surface area contributed by atoms with E-state index in [1.54, 1.807) is 20.8 Å². The molecule has 2 aromatic carbocycles. The summed E-state index contributed by atoms with van der Waals surface area (Å²) in [5, 5.41) is 2.92. The van der Waals surface area contributed by atoms with E-state index < -0.39 is 27.5 Å². The number of fused-ring (bicyclic) bond motifs is 1. The summed E-state index contributed by atoms with van der Waals surface area (Å²) in [6.07, 6.45) is 1.26. The summed E-state index contributed by atoms with van der Waals surface area (Å²) in [5.41, 5.74) is 1.23. The molecule has 10 nitrogen and oxygen atoms in total. The highest BCUT2D eigenvalue weighted by atomic mass is 32.2. The summed E-state index contributed by atoms with van der Waals surface area (Å²) in [6, 6.07) is 15.1. The molecule has 2 aromatic heterocycles. The molecular weight excluding hydrogens is 540 g/mol. The van der Waals surface area contributed by atoms with Gasteiger partial charge in [0.15, 0.2) is 0 Å². The van der Waals surface area contributed by atoms with Crippen LogP contribution in [0.2, 0.25) is 0 Å². The Hall–Kier alpha value is -3.87. The Labute approximate surface area is 229 Å². The Morgan fingerprint density at radius 2 is 1.72 bits per heavy atom. The zero-order chi connectivity index (χ0) is 28.2. The van der Waals surface area contributed by atoms with Crippen LogP contribution in [0.15, 0.2) is 70.6 Å². The predicted molar refractivity (Wildman–Crippen MR) is 149 cm³/mol. The fourth-order valence-electron chi connectivity index (χ4n) is 4.03. The van der Waals surface area contributed by atoms with Crippen molar-refractivity contribution in [2.24, 2.45) is 0 Å². The van der Waals surface area contributed by atoms with Crippen LogP contribution >= 0.6 is 11.3 Å². The molecule has 0 aliphatic heterocycles. The topological polar surface area (TPSA) is 128 Å². The Bertz CT molecular complexity index is 1660. The van der Waals surface area contributed by atoms with Crippen LogP contribution in [0.25, 0.3) is 10.2 Å². The van der Waals surface area contributed by atoms with Crippen LogP contribution in [-0.2, 0) is 32.7 Å². The first-order valence-corrected chi connectivity index (χ1v) is 14.5. The van der Waals surface area contributed by atoms with Gasteiger partial charge in [-0.15, -0.1) is 11.3 Å². The number of carbonyl (C=O) groups excluding carboxylic acids is 2. The van der Waals surface area contributed by atoms with E-state index in [0.717, 1.165) is 21.5 Å². The number of sulfonamides is 1. The molecule has 0 saturated heterocycles. The monoisotopic (exact) mass is 568 g/mol. The maximum atomic E-state index is 13.2. The molecule has 0 bridgehead atoms. The van der Waals surface area contributed by atoms with Gasteiger partial charge in [-0.1, -0.05) is 44.2 Å². The quantitative estimate of drug-likeness (QED) is 0.288. The van der Waals surface area contributed by atoms with Crippen molar-refractivity contribution in [3.05, 3.63) is 87.3 Å². The van der Waals surface area contributed by atoms with Crippen molar-refractivity contribution in [3.8, 4) is 0 Å². The lowest BCUT2D eigenvalue weighted by Crippen LogP contribution is -2.30. The smallest absolute Gasteiger partial charge is 0.349 e. The number of carbonyl (C=O) groups is 2. The summed E-state index contributed by atoms with van der Waals surface area (Å²) in [4.78, 5) is 43.6. The summed E-state index contributed by atoms with van der Waals surface area (Å²) < 4.78 is 33.2. The van der Waals surface area contributed by atoms with E-state index in [4.69, 9.17) is 4.74 Å². The third-order valence-electron chi connectivity index (χ3n) is 6.11. The van der Waals surface area contributed by atoms with Gasteiger partial charge in [0.2, 0.25) is 15.9 Å². The van der Waals surface area contributed by atoms with Crippen molar-refractivity contribution < 1.29 is 22.7 Å². The van der Waals surface area contributed by atoms with Crippen molar-refractivity contribution in [1.82, 2.24) is 13.9 Å². The predicted octanol–water partition coefficient (Wildman–Crippen LogP) is 3.79. The van der Waals surface area contributed by atoms with Crippen molar-refractivity contribution in [2.75, 3.05) is 18.4 Å². The van der Waals surface area contributed by atoms with Crippen molar-refractivity contribution in [1.29, 1.82) is 0 Å². The van der Waals surface area contributed by atoms with Gasteiger partial charge < -0.3 is 10.1 Å². The van der Waals surface area contributed by atoms with Crippen LogP contribution < -0.4 is 10.9 Å². The van der Waals surface area contributed by atoms with Gasteiger partial charge in [-0.05, 0) is 42.3 Å². The fraction of sp³-hybridized carbons (Fsp3) is 0.259. The van der Waals surface area contributed by atoms with E-state index in [1.165, 1.54) is 34.9 Å². The van der Waals surface area contributed by atoms with E-state index in [1.807, 2.05) is 30.3 Å². The largest absolute Gasteiger partial charge is 0.457 e. The molecule has 0 aliphatic carbocycles. The van der Waals surface area contributed by atoms with Crippen LogP contribution in [0.3, 0.4) is 0 Å². The molecule has 0 aliphatic rings. The number of thiophene rings is 1. The zero-order valence-electron chi connectivity index (χ0n) is 21.7.